The lowest BCUT2D eigenvalue weighted by Gasteiger charge is -2.23. The van der Waals surface area contributed by atoms with E-state index in [9.17, 15) is 10.1 Å². The first kappa shape index (κ1) is 14.1. The topological polar surface area (TPSA) is 72.4 Å². The molecule has 0 heterocycles. The van der Waals surface area contributed by atoms with Gasteiger partial charge in [0.15, 0.2) is 0 Å². The Bertz CT molecular complexity index is 450. The van der Waals surface area contributed by atoms with Crippen molar-refractivity contribution in [1.29, 1.82) is 0 Å². The number of nitrogens with zero attached hydrogens (tertiary/aromatic N) is 2. The molecule has 0 amide bonds. The molecule has 0 aromatic heterocycles. The van der Waals surface area contributed by atoms with Gasteiger partial charge in [0.2, 0.25) is 0 Å². The zero-order chi connectivity index (χ0) is 13.2. The lowest BCUT2D eigenvalue weighted by atomic mass is 10.2. The molecule has 0 bridgehead atoms. The van der Waals surface area contributed by atoms with Gasteiger partial charge < -0.3 is 10.6 Å². The normalized spacial score (nSPS) is 10.4. The molecule has 1 aromatic rings. The Balaban J connectivity index is 3.54. The van der Waals surface area contributed by atoms with Crippen molar-refractivity contribution in [2.75, 3.05) is 23.7 Å². The molecule has 1 aromatic carbocycles. The fourth-order valence-electron chi connectivity index (χ4n) is 1.59. The lowest BCUT2D eigenvalue weighted by Crippen LogP contribution is -2.23. The van der Waals surface area contributed by atoms with Crippen LogP contribution in [0.4, 0.5) is 17.1 Å². The molecule has 0 unspecified atom stereocenters. The van der Waals surface area contributed by atoms with Crippen molar-refractivity contribution in [3.63, 3.8) is 0 Å². The van der Waals surface area contributed by atoms with E-state index in [0.717, 1.165) is 0 Å². The molecule has 5 nitrogen and oxygen atoms in total. The predicted molar refractivity (Wildman–Crippen MR) is 73.8 cm³/mol. The van der Waals surface area contributed by atoms with Crippen LogP contribution in [-0.4, -0.2) is 18.0 Å². The molecule has 0 saturated carbocycles. The Morgan fingerprint density at radius 2 is 2.06 bits per heavy atom. The smallest absolute Gasteiger partial charge is 0.295 e. The average Bonchev–Trinajstić information content (AvgIpc) is 2.29. The third-order valence-corrected chi connectivity index (χ3v) is 3.60. The van der Waals surface area contributed by atoms with Crippen LogP contribution >= 0.6 is 27.5 Å². The molecule has 17 heavy (non-hydrogen) atoms. The molecule has 2 N–H and O–H groups in total. The second kappa shape index (κ2) is 5.55. The van der Waals surface area contributed by atoms with Gasteiger partial charge in [0.05, 0.1) is 20.1 Å². The summed E-state index contributed by atoms with van der Waals surface area (Å²) in [6.07, 6.45) is 0. The van der Waals surface area contributed by atoms with Gasteiger partial charge in [-0.3, -0.25) is 10.1 Å². The van der Waals surface area contributed by atoms with Crippen LogP contribution in [0.5, 0.6) is 0 Å². The molecule has 0 spiro atoms. The SMILES string of the molecule is CCN(CC)c1c([N+](=O)[O-])cc(Cl)c(N)c1Br. The largest absolute Gasteiger partial charge is 0.397 e. The third-order valence-electron chi connectivity index (χ3n) is 2.48. The third kappa shape index (κ3) is 2.63. The summed E-state index contributed by atoms with van der Waals surface area (Å²) in [6.45, 7) is 5.14. The maximum absolute atomic E-state index is 11.0. The second-order valence-corrected chi connectivity index (χ2v) is 4.58. The molecule has 7 heteroatoms. The minimum Gasteiger partial charge on any atom is -0.397 e. The summed E-state index contributed by atoms with van der Waals surface area (Å²) in [7, 11) is 0. The zero-order valence-electron chi connectivity index (χ0n) is 9.54. The van der Waals surface area contributed by atoms with E-state index in [-0.39, 0.29) is 10.7 Å². The number of hydrogen-bond donors (Lipinski definition) is 1. The summed E-state index contributed by atoms with van der Waals surface area (Å²) in [5.74, 6) is 0. The van der Waals surface area contributed by atoms with Crippen LogP contribution in [0.3, 0.4) is 0 Å². The van der Waals surface area contributed by atoms with E-state index in [0.29, 0.717) is 28.9 Å². The molecule has 1 rings (SSSR count). The highest BCUT2D eigenvalue weighted by molar-refractivity contribution is 9.10. The quantitative estimate of drug-likeness (QED) is 0.523. The summed E-state index contributed by atoms with van der Waals surface area (Å²) in [5, 5.41) is 11.2. The fraction of sp³-hybridized carbons (Fsp3) is 0.400. The molecule has 0 aliphatic carbocycles. The molecular weight excluding hydrogens is 309 g/mol. The number of anilines is 2. The van der Waals surface area contributed by atoms with Gasteiger partial charge in [0, 0.05) is 19.2 Å². The number of hydrogen-bond acceptors (Lipinski definition) is 4. The molecule has 0 radical (unpaired) electrons. The van der Waals surface area contributed by atoms with Gasteiger partial charge in [-0.05, 0) is 29.8 Å². The summed E-state index contributed by atoms with van der Waals surface area (Å²) in [4.78, 5) is 12.4. The number of nitro groups is 1. The van der Waals surface area contributed by atoms with Crippen molar-refractivity contribution in [3.05, 3.63) is 25.7 Å². The second-order valence-electron chi connectivity index (χ2n) is 3.38. The Morgan fingerprint density at radius 3 is 2.47 bits per heavy atom. The van der Waals surface area contributed by atoms with Gasteiger partial charge in [-0.15, -0.1) is 0 Å². The molecule has 0 aliphatic heterocycles. The van der Waals surface area contributed by atoms with Crippen LogP contribution in [0, 0.1) is 10.1 Å². The molecule has 0 fully saturated rings. The Labute approximate surface area is 113 Å². The van der Waals surface area contributed by atoms with Gasteiger partial charge in [0.25, 0.3) is 5.69 Å². The summed E-state index contributed by atoms with van der Waals surface area (Å²) in [5.41, 5.74) is 6.52. The van der Waals surface area contributed by atoms with Crippen molar-refractivity contribution in [2.45, 2.75) is 13.8 Å². The minimum absolute atomic E-state index is 0.0419. The maximum Gasteiger partial charge on any atom is 0.295 e. The van der Waals surface area contributed by atoms with Crippen LogP contribution in [0.2, 0.25) is 5.02 Å². The van der Waals surface area contributed by atoms with Crippen LogP contribution in [0.15, 0.2) is 10.5 Å². The average molecular weight is 323 g/mol. The van der Waals surface area contributed by atoms with Gasteiger partial charge in [-0.2, -0.15) is 0 Å². The minimum atomic E-state index is -0.455. The first-order chi connectivity index (χ1) is 7.93. The number of rotatable bonds is 4. The first-order valence-electron chi connectivity index (χ1n) is 5.10. The monoisotopic (exact) mass is 321 g/mol. The van der Waals surface area contributed by atoms with E-state index < -0.39 is 4.92 Å². The van der Waals surface area contributed by atoms with Crippen molar-refractivity contribution >= 4 is 44.6 Å². The van der Waals surface area contributed by atoms with Crippen LogP contribution in [-0.2, 0) is 0 Å². The lowest BCUT2D eigenvalue weighted by molar-refractivity contribution is -0.384. The number of nitrogen functional groups attached to an aromatic ring is 1. The van der Waals surface area contributed by atoms with Gasteiger partial charge >= 0.3 is 0 Å². The molecule has 0 saturated heterocycles. The predicted octanol–water partition coefficient (Wildman–Crippen LogP) is 3.44. The van der Waals surface area contributed by atoms with E-state index in [2.05, 4.69) is 15.9 Å². The van der Waals surface area contributed by atoms with Gasteiger partial charge in [-0.25, -0.2) is 0 Å². The molecule has 0 atom stereocenters. The Hall–Kier alpha value is -1.01. The number of nitrogens with two attached hydrogens (primary N) is 1. The van der Waals surface area contributed by atoms with Crippen LogP contribution in [0.25, 0.3) is 0 Å². The summed E-state index contributed by atoms with van der Waals surface area (Å²) in [6, 6.07) is 1.29. The first-order valence-corrected chi connectivity index (χ1v) is 6.27. The van der Waals surface area contributed by atoms with Crippen molar-refractivity contribution < 1.29 is 4.92 Å². The van der Waals surface area contributed by atoms with Crippen LogP contribution < -0.4 is 10.6 Å². The molecule has 94 valence electrons. The number of halogens is 2. The summed E-state index contributed by atoms with van der Waals surface area (Å²) < 4.78 is 0.473. The standard InChI is InChI=1S/C10H13BrClN3O2/c1-3-14(4-2)10-7(15(16)17)5-6(12)9(13)8(10)11/h5H,3-4,13H2,1-2H3. The van der Waals surface area contributed by atoms with Gasteiger partial charge in [-0.1, -0.05) is 11.6 Å². The Kier molecular flexibility index (Phi) is 4.59. The highest BCUT2D eigenvalue weighted by Gasteiger charge is 2.24. The molecule has 0 aliphatic rings. The van der Waals surface area contributed by atoms with E-state index >= 15 is 0 Å². The van der Waals surface area contributed by atoms with E-state index in [1.807, 2.05) is 18.7 Å². The van der Waals surface area contributed by atoms with E-state index in [1.54, 1.807) is 0 Å². The van der Waals surface area contributed by atoms with E-state index in [1.165, 1.54) is 6.07 Å². The van der Waals surface area contributed by atoms with Gasteiger partial charge in [0.1, 0.15) is 5.69 Å². The molecular formula is C10H13BrClN3O2. The number of benzene rings is 1. The maximum atomic E-state index is 11.0. The van der Waals surface area contributed by atoms with E-state index in [4.69, 9.17) is 17.3 Å². The Morgan fingerprint density at radius 1 is 1.53 bits per heavy atom. The van der Waals surface area contributed by atoms with Crippen molar-refractivity contribution in [2.24, 2.45) is 0 Å². The van der Waals surface area contributed by atoms with Crippen molar-refractivity contribution in [3.8, 4) is 0 Å². The summed E-state index contributed by atoms with van der Waals surface area (Å²) >= 11 is 9.13. The highest BCUT2D eigenvalue weighted by atomic mass is 79.9. The van der Waals surface area contributed by atoms with Crippen molar-refractivity contribution in [1.82, 2.24) is 0 Å². The fourth-order valence-corrected chi connectivity index (χ4v) is 2.57. The number of nitro benzene ring substituents is 1. The van der Waals surface area contributed by atoms with Crippen LogP contribution in [0.1, 0.15) is 13.8 Å². The zero-order valence-corrected chi connectivity index (χ0v) is 11.9. The highest BCUT2D eigenvalue weighted by Crippen LogP contribution is 2.43.